The maximum absolute atomic E-state index is 12.9. The fourth-order valence-corrected chi connectivity index (χ4v) is 3.31. The number of nitrogens with one attached hydrogen (secondary N) is 1. The van der Waals surface area contributed by atoms with Gasteiger partial charge in [-0.15, -0.1) is 23.4 Å². The van der Waals surface area contributed by atoms with E-state index in [1.165, 1.54) is 19.2 Å². The minimum Gasteiger partial charge on any atom is -0.497 e. The topological polar surface area (TPSA) is 69.9 Å². The first-order valence-corrected chi connectivity index (χ1v) is 9.08. The molecule has 2 aromatic heterocycles. The summed E-state index contributed by atoms with van der Waals surface area (Å²) in [5.41, 5.74) is 1.01. The van der Waals surface area contributed by atoms with Crippen LogP contribution in [0.25, 0.3) is 16.8 Å². The summed E-state index contributed by atoms with van der Waals surface area (Å²) in [7, 11) is 1.37. The second kappa shape index (κ2) is 7.78. The monoisotopic (exact) mass is 408 g/mol. The summed E-state index contributed by atoms with van der Waals surface area (Å²) in [5, 5.41) is 11.6. The van der Waals surface area contributed by atoms with Gasteiger partial charge in [-0.2, -0.15) is 0 Å². The number of benzene rings is 1. The van der Waals surface area contributed by atoms with E-state index in [0.717, 1.165) is 19.4 Å². The van der Waals surface area contributed by atoms with Crippen LogP contribution in [-0.4, -0.2) is 47.3 Å². The zero-order valence-electron chi connectivity index (χ0n) is 15.6. The molecule has 1 N–H and O–H groups in total. The van der Waals surface area contributed by atoms with Crippen LogP contribution in [0.15, 0.2) is 36.5 Å². The van der Waals surface area contributed by atoms with Crippen LogP contribution in [0.1, 0.15) is 12.8 Å². The van der Waals surface area contributed by atoms with Crippen LogP contribution >= 0.6 is 0 Å². The van der Waals surface area contributed by atoms with Gasteiger partial charge in [0.1, 0.15) is 17.2 Å². The highest BCUT2D eigenvalue weighted by molar-refractivity contribution is 5.81. The molecule has 1 atom stereocenters. The van der Waals surface area contributed by atoms with E-state index in [1.54, 1.807) is 28.8 Å². The lowest BCUT2D eigenvalue weighted by Crippen LogP contribution is -2.21. The number of aromatic nitrogens is 3. The van der Waals surface area contributed by atoms with Gasteiger partial charge >= 0.3 is 6.36 Å². The van der Waals surface area contributed by atoms with Crippen molar-refractivity contribution in [2.75, 3.05) is 25.6 Å². The van der Waals surface area contributed by atoms with Crippen molar-refractivity contribution in [1.29, 1.82) is 0 Å². The molecule has 0 amide bonds. The smallest absolute Gasteiger partial charge is 0.497 e. The predicted molar refractivity (Wildman–Crippen MR) is 99.1 cm³/mol. The molecule has 0 bridgehead atoms. The highest BCUT2D eigenvalue weighted by Gasteiger charge is 2.33. The van der Waals surface area contributed by atoms with Crippen molar-refractivity contribution in [1.82, 2.24) is 14.6 Å². The first-order valence-electron chi connectivity index (χ1n) is 9.08. The Bertz CT molecular complexity index is 1000. The van der Waals surface area contributed by atoms with Crippen molar-refractivity contribution >= 4 is 11.5 Å². The summed E-state index contributed by atoms with van der Waals surface area (Å²) in [6, 6.07) is 7.71. The van der Waals surface area contributed by atoms with E-state index in [0.29, 0.717) is 18.0 Å². The molecule has 3 aromatic rings. The molecule has 1 aliphatic heterocycles. The van der Waals surface area contributed by atoms with E-state index < -0.39 is 12.1 Å². The highest BCUT2D eigenvalue weighted by atomic mass is 19.4. The zero-order chi connectivity index (χ0) is 20.4. The number of nitrogens with zero attached hydrogens (tertiary/aromatic N) is 3. The molecule has 3 heterocycles. The maximum Gasteiger partial charge on any atom is 0.573 e. The van der Waals surface area contributed by atoms with Gasteiger partial charge in [-0.3, -0.25) is 4.40 Å². The summed E-state index contributed by atoms with van der Waals surface area (Å²) >= 11 is 0. The number of methoxy groups -OCH3 is 1. The van der Waals surface area contributed by atoms with E-state index in [2.05, 4.69) is 20.3 Å². The first kappa shape index (κ1) is 19.3. The third kappa shape index (κ3) is 4.21. The average molecular weight is 408 g/mol. The van der Waals surface area contributed by atoms with Gasteiger partial charge < -0.3 is 19.5 Å². The van der Waals surface area contributed by atoms with Crippen LogP contribution in [0.5, 0.6) is 11.5 Å². The molecule has 1 fully saturated rings. The van der Waals surface area contributed by atoms with E-state index in [-0.39, 0.29) is 23.1 Å². The van der Waals surface area contributed by atoms with Crippen molar-refractivity contribution in [2.45, 2.75) is 25.3 Å². The molecule has 10 heteroatoms. The van der Waals surface area contributed by atoms with Crippen LogP contribution in [0.2, 0.25) is 0 Å². The van der Waals surface area contributed by atoms with E-state index in [4.69, 9.17) is 9.47 Å². The van der Waals surface area contributed by atoms with Gasteiger partial charge in [-0.25, -0.2) is 0 Å². The van der Waals surface area contributed by atoms with Crippen LogP contribution < -0.4 is 14.8 Å². The quantitative estimate of drug-likeness (QED) is 0.667. The maximum atomic E-state index is 12.9. The molecule has 0 aliphatic carbocycles. The molecule has 4 rings (SSSR count). The van der Waals surface area contributed by atoms with Crippen LogP contribution in [0.4, 0.5) is 19.1 Å². The lowest BCUT2D eigenvalue weighted by atomic mass is 10.1. The predicted octanol–water partition coefficient (Wildman–Crippen LogP) is 3.89. The van der Waals surface area contributed by atoms with Gasteiger partial charge in [0.15, 0.2) is 0 Å². The van der Waals surface area contributed by atoms with Crippen molar-refractivity contribution in [3.8, 4) is 22.8 Å². The molecule has 7 nitrogen and oxygen atoms in total. The summed E-state index contributed by atoms with van der Waals surface area (Å²) in [5.74, 6) is 0.313. The highest BCUT2D eigenvalue weighted by Crippen LogP contribution is 2.37. The third-order valence-corrected chi connectivity index (χ3v) is 4.65. The summed E-state index contributed by atoms with van der Waals surface area (Å²) in [6.45, 7) is 1.32. The Morgan fingerprint density at radius 1 is 1.28 bits per heavy atom. The van der Waals surface area contributed by atoms with Gasteiger partial charge in [0.2, 0.25) is 5.95 Å². The van der Waals surface area contributed by atoms with Gasteiger partial charge in [-0.05, 0) is 37.1 Å². The number of rotatable bonds is 6. The number of hydrogen-bond donors (Lipinski definition) is 1. The molecule has 1 saturated heterocycles. The zero-order valence-corrected chi connectivity index (χ0v) is 15.6. The molecular formula is C19H19F3N4O3. The SMILES string of the molecule is COc1ccc(-c2nnc(NC[C@H]3CCCO3)n3cccc23)c(OC(F)(F)F)c1. The summed E-state index contributed by atoms with van der Waals surface area (Å²) in [4.78, 5) is 0. The number of fused-ring (bicyclic) bond motifs is 1. The Kier molecular flexibility index (Phi) is 5.18. The molecule has 1 aromatic carbocycles. The fraction of sp³-hybridized carbons (Fsp3) is 0.368. The normalized spacial score (nSPS) is 16.9. The number of alkyl halides is 3. The summed E-state index contributed by atoms with van der Waals surface area (Å²) in [6.07, 6.45) is -0.989. The number of halogens is 3. The number of ether oxygens (including phenoxy) is 3. The molecule has 1 aliphatic rings. The minimum atomic E-state index is -4.85. The van der Waals surface area contributed by atoms with Gasteiger partial charge in [0, 0.05) is 31.0 Å². The van der Waals surface area contributed by atoms with E-state index in [9.17, 15) is 13.2 Å². The van der Waals surface area contributed by atoms with Gasteiger partial charge in [-0.1, -0.05) is 0 Å². The molecule has 0 saturated carbocycles. The van der Waals surface area contributed by atoms with Crippen molar-refractivity contribution in [2.24, 2.45) is 0 Å². The van der Waals surface area contributed by atoms with Gasteiger partial charge in [0.25, 0.3) is 0 Å². The van der Waals surface area contributed by atoms with Crippen LogP contribution in [0.3, 0.4) is 0 Å². The second-order valence-corrected chi connectivity index (χ2v) is 6.56. The second-order valence-electron chi connectivity index (χ2n) is 6.56. The third-order valence-electron chi connectivity index (χ3n) is 4.65. The Labute approximate surface area is 164 Å². The Morgan fingerprint density at radius 3 is 2.86 bits per heavy atom. The molecule has 154 valence electrons. The molecule has 29 heavy (non-hydrogen) atoms. The van der Waals surface area contributed by atoms with Crippen molar-refractivity contribution < 1.29 is 27.4 Å². The summed E-state index contributed by atoms with van der Waals surface area (Å²) < 4.78 is 55.3. The average Bonchev–Trinajstić information content (AvgIpc) is 3.37. The van der Waals surface area contributed by atoms with Crippen LogP contribution in [0, 0.1) is 0 Å². The Hall–Kier alpha value is -3.01. The first-order chi connectivity index (χ1) is 13.9. The lowest BCUT2D eigenvalue weighted by Gasteiger charge is -2.16. The van der Waals surface area contributed by atoms with Crippen molar-refractivity contribution in [3.05, 3.63) is 36.5 Å². The molecule has 0 radical (unpaired) electrons. The molecular weight excluding hydrogens is 389 g/mol. The van der Waals surface area contributed by atoms with E-state index >= 15 is 0 Å². The van der Waals surface area contributed by atoms with Gasteiger partial charge in [0.05, 0.1) is 18.7 Å². The van der Waals surface area contributed by atoms with E-state index in [1.807, 2.05) is 0 Å². The minimum absolute atomic E-state index is 0.107. The largest absolute Gasteiger partial charge is 0.573 e. The number of anilines is 1. The molecule has 0 unspecified atom stereocenters. The standard InChI is InChI=1S/C19H19F3N4O3/c1-27-12-6-7-14(16(10-12)29-19(20,21)22)17-15-5-2-8-26(15)18(25-24-17)23-11-13-4-3-9-28-13/h2,5-8,10,13H,3-4,9,11H2,1H3,(H,23,25)/t13-/m1/s1. The van der Waals surface area contributed by atoms with Crippen LogP contribution in [-0.2, 0) is 4.74 Å². The van der Waals surface area contributed by atoms with Crippen molar-refractivity contribution in [3.63, 3.8) is 0 Å². The Morgan fingerprint density at radius 2 is 2.14 bits per heavy atom. The Balaban J connectivity index is 1.71. The molecule has 0 spiro atoms. The fourth-order valence-electron chi connectivity index (χ4n) is 3.31. The lowest BCUT2D eigenvalue weighted by molar-refractivity contribution is -0.274. The number of hydrogen-bond acceptors (Lipinski definition) is 6.